The average Bonchev–Trinajstić information content (AvgIpc) is 3.02. The predicted octanol–water partition coefficient (Wildman–Crippen LogP) is 3.67. The van der Waals surface area contributed by atoms with Crippen LogP contribution in [0.1, 0.15) is 25.2 Å². The van der Waals surface area contributed by atoms with Crippen LogP contribution in [0.3, 0.4) is 0 Å². The number of hydrogen-bond donors (Lipinski definition) is 2. The molecular weight excluding hydrogens is 388 g/mol. The van der Waals surface area contributed by atoms with E-state index in [1.54, 1.807) is 6.92 Å². The number of amides is 1. The molecule has 3 rings (SSSR count). The fraction of sp³-hybridized carbons (Fsp3) is 0.364. The van der Waals surface area contributed by atoms with Crippen LogP contribution in [-0.4, -0.2) is 34.7 Å². The molecule has 7 heteroatoms. The van der Waals surface area contributed by atoms with Gasteiger partial charge in [0.25, 0.3) is 0 Å². The number of halogens is 1. The van der Waals surface area contributed by atoms with Crippen LogP contribution < -0.4 is 11.1 Å². The van der Waals surface area contributed by atoms with Gasteiger partial charge in [-0.2, -0.15) is 0 Å². The summed E-state index contributed by atoms with van der Waals surface area (Å²) < 4.78 is 7.67. The number of hydrogen-bond acceptors (Lipinski definition) is 4. The van der Waals surface area contributed by atoms with Gasteiger partial charge in [-0.05, 0) is 38.5 Å². The maximum absolute atomic E-state index is 11.4. The highest BCUT2D eigenvalue weighted by Gasteiger charge is 2.16. The number of carbonyl (C=O) groups excluding carboxylic acids is 1. The van der Waals surface area contributed by atoms with Gasteiger partial charge in [-0.25, -0.2) is 4.98 Å². The summed E-state index contributed by atoms with van der Waals surface area (Å²) in [4.78, 5) is 16.1. The first-order chi connectivity index (χ1) is 13.9. The Kier molecular flexibility index (Phi) is 6.90. The molecule has 0 saturated heterocycles. The number of ether oxygens (including phenoxy) is 1. The van der Waals surface area contributed by atoms with Gasteiger partial charge < -0.3 is 15.0 Å². The van der Waals surface area contributed by atoms with Crippen LogP contribution in [0.25, 0.3) is 22.2 Å². The van der Waals surface area contributed by atoms with Gasteiger partial charge in [-0.1, -0.05) is 41.4 Å². The molecule has 3 aromatic rings. The molecule has 1 aromatic heterocycles. The quantitative estimate of drug-likeness (QED) is 0.523. The summed E-state index contributed by atoms with van der Waals surface area (Å²) in [6.45, 7) is 8.07. The Morgan fingerprint density at radius 3 is 2.69 bits per heavy atom. The SMILES string of the molecule is CCOCCn1c(CN[C@@H](C)C(N)=O)nc2cc(Cl)c(-c3ccc(C)cc3)cc21. The summed E-state index contributed by atoms with van der Waals surface area (Å²) in [5, 5.41) is 3.78. The van der Waals surface area contributed by atoms with Gasteiger partial charge in [0, 0.05) is 18.7 Å². The van der Waals surface area contributed by atoms with Crippen molar-refractivity contribution in [2.75, 3.05) is 13.2 Å². The highest BCUT2D eigenvalue weighted by atomic mass is 35.5. The van der Waals surface area contributed by atoms with E-state index in [4.69, 9.17) is 27.1 Å². The molecular formula is C22H27ClN4O2. The minimum Gasteiger partial charge on any atom is -0.380 e. The second-order valence-corrected chi connectivity index (χ2v) is 7.48. The Bertz CT molecular complexity index is 998. The van der Waals surface area contributed by atoms with Crippen LogP contribution >= 0.6 is 11.6 Å². The van der Waals surface area contributed by atoms with Crippen molar-refractivity contribution in [2.45, 2.75) is 39.9 Å². The lowest BCUT2D eigenvalue weighted by atomic mass is 10.0. The summed E-state index contributed by atoms with van der Waals surface area (Å²) in [6, 6.07) is 11.8. The number of benzene rings is 2. The lowest BCUT2D eigenvalue weighted by Crippen LogP contribution is -2.38. The van der Waals surface area contributed by atoms with Crippen LogP contribution in [0.4, 0.5) is 0 Å². The zero-order valence-electron chi connectivity index (χ0n) is 17.0. The number of carbonyl (C=O) groups is 1. The van der Waals surface area contributed by atoms with Crippen LogP contribution in [-0.2, 0) is 22.6 Å². The first kappa shape index (κ1) is 21.3. The lowest BCUT2D eigenvalue weighted by Gasteiger charge is -2.13. The van der Waals surface area contributed by atoms with Crippen molar-refractivity contribution in [1.82, 2.24) is 14.9 Å². The number of rotatable bonds is 9. The molecule has 0 saturated carbocycles. The molecule has 6 nitrogen and oxygen atoms in total. The van der Waals surface area contributed by atoms with Crippen molar-refractivity contribution >= 4 is 28.5 Å². The van der Waals surface area contributed by atoms with Crippen molar-refractivity contribution < 1.29 is 9.53 Å². The maximum atomic E-state index is 11.4. The number of nitrogens with two attached hydrogens (primary N) is 1. The first-order valence-corrected chi connectivity index (χ1v) is 10.1. The molecule has 1 atom stereocenters. The van der Waals surface area contributed by atoms with E-state index in [9.17, 15) is 4.79 Å². The largest absolute Gasteiger partial charge is 0.380 e. The minimum atomic E-state index is -0.443. The Hall–Kier alpha value is -2.41. The van der Waals surface area contributed by atoms with Crippen molar-refractivity contribution in [3.63, 3.8) is 0 Å². The van der Waals surface area contributed by atoms with E-state index in [0.717, 1.165) is 28.0 Å². The fourth-order valence-corrected chi connectivity index (χ4v) is 3.45. The van der Waals surface area contributed by atoms with Crippen molar-refractivity contribution in [3.8, 4) is 11.1 Å². The summed E-state index contributed by atoms with van der Waals surface area (Å²) in [5.74, 6) is 0.414. The first-order valence-electron chi connectivity index (χ1n) is 9.76. The van der Waals surface area contributed by atoms with E-state index in [-0.39, 0.29) is 0 Å². The third-order valence-corrected chi connectivity index (χ3v) is 5.25. The molecule has 2 aromatic carbocycles. The van der Waals surface area contributed by atoms with Gasteiger partial charge in [0.2, 0.25) is 5.91 Å². The smallest absolute Gasteiger partial charge is 0.234 e. The van der Waals surface area contributed by atoms with E-state index < -0.39 is 11.9 Å². The molecule has 1 amide bonds. The summed E-state index contributed by atoms with van der Waals surface area (Å²) in [6.07, 6.45) is 0. The monoisotopic (exact) mass is 414 g/mol. The van der Waals surface area contributed by atoms with Gasteiger partial charge in [-0.3, -0.25) is 10.1 Å². The Morgan fingerprint density at radius 1 is 1.31 bits per heavy atom. The molecule has 29 heavy (non-hydrogen) atoms. The van der Waals surface area contributed by atoms with Gasteiger partial charge in [0.15, 0.2) is 0 Å². The molecule has 0 fully saturated rings. The summed E-state index contributed by atoms with van der Waals surface area (Å²) in [5.41, 5.74) is 10.4. The molecule has 0 aliphatic heterocycles. The number of fused-ring (bicyclic) bond motifs is 1. The summed E-state index contributed by atoms with van der Waals surface area (Å²) >= 11 is 6.58. The van der Waals surface area contributed by atoms with Crippen molar-refractivity contribution in [3.05, 3.63) is 52.8 Å². The maximum Gasteiger partial charge on any atom is 0.234 e. The fourth-order valence-electron chi connectivity index (χ4n) is 3.18. The van der Waals surface area contributed by atoms with Crippen LogP contribution in [0.15, 0.2) is 36.4 Å². The molecule has 0 spiro atoms. The molecule has 3 N–H and O–H groups in total. The predicted molar refractivity (Wildman–Crippen MR) is 117 cm³/mol. The van der Waals surface area contributed by atoms with Gasteiger partial charge >= 0.3 is 0 Å². The lowest BCUT2D eigenvalue weighted by molar-refractivity contribution is -0.119. The molecule has 0 bridgehead atoms. The highest BCUT2D eigenvalue weighted by Crippen LogP contribution is 2.32. The van der Waals surface area contributed by atoms with E-state index >= 15 is 0 Å². The molecule has 1 heterocycles. The van der Waals surface area contributed by atoms with E-state index in [1.807, 2.05) is 13.0 Å². The standard InChI is InChI=1S/C22H27ClN4O2/c1-4-29-10-9-27-20-11-17(16-7-5-14(2)6-8-16)18(23)12-19(20)26-21(27)13-25-15(3)22(24)28/h5-8,11-12,15,25H,4,9-10,13H2,1-3H3,(H2,24,28)/t15-/m0/s1. The van der Waals surface area contributed by atoms with Gasteiger partial charge in [0.1, 0.15) is 5.82 Å². The van der Waals surface area contributed by atoms with Gasteiger partial charge in [0.05, 0.1) is 35.2 Å². The number of nitrogens with zero attached hydrogens (tertiary/aromatic N) is 2. The van der Waals surface area contributed by atoms with Crippen molar-refractivity contribution in [2.24, 2.45) is 5.73 Å². The van der Waals surface area contributed by atoms with Gasteiger partial charge in [-0.15, -0.1) is 0 Å². The zero-order valence-corrected chi connectivity index (χ0v) is 17.8. The minimum absolute atomic E-state index is 0.397. The number of aromatic nitrogens is 2. The zero-order chi connectivity index (χ0) is 21.0. The topological polar surface area (TPSA) is 82.2 Å². The molecule has 154 valence electrons. The summed E-state index contributed by atoms with van der Waals surface area (Å²) in [7, 11) is 0. The third kappa shape index (κ3) is 4.96. The van der Waals surface area contributed by atoms with Crippen LogP contribution in [0, 0.1) is 6.92 Å². The molecule has 0 aliphatic carbocycles. The Balaban J connectivity index is 2.02. The number of nitrogens with one attached hydrogen (secondary N) is 1. The van der Waals surface area contributed by atoms with E-state index in [1.165, 1.54) is 5.56 Å². The third-order valence-electron chi connectivity index (χ3n) is 4.94. The van der Waals surface area contributed by atoms with Crippen LogP contribution in [0.2, 0.25) is 5.02 Å². The van der Waals surface area contributed by atoms with Crippen molar-refractivity contribution in [1.29, 1.82) is 0 Å². The number of imidazole rings is 1. The second kappa shape index (κ2) is 9.39. The number of aryl methyl sites for hydroxylation is 1. The molecule has 0 unspecified atom stereocenters. The number of primary amides is 1. The molecule has 0 aliphatic rings. The molecule has 0 radical (unpaired) electrons. The Morgan fingerprint density at radius 2 is 2.03 bits per heavy atom. The highest BCUT2D eigenvalue weighted by molar-refractivity contribution is 6.34. The Labute approximate surface area is 176 Å². The second-order valence-electron chi connectivity index (χ2n) is 7.07. The normalized spacial score (nSPS) is 12.4. The van der Waals surface area contributed by atoms with E-state index in [0.29, 0.717) is 31.3 Å². The average molecular weight is 415 g/mol. The van der Waals surface area contributed by atoms with E-state index in [2.05, 4.69) is 47.1 Å². The van der Waals surface area contributed by atoms with Crippen LogP contribution in [0.5, 0.6) is 0 Å².